The molecule has 0 atom stereocenters. The average molecular weight is 318 g/mol. The second-order valence-corrected chi connectivity index (χ2v) is 7.14. The zero-order valence-electron chi connectivity index (χ0n) is 13.2. The van der Waals surface area contributed by atoms with Crippen molar-refractivity contribution in [3.8, 4) is 0 Å². The summed E-state index contributed by atoms with van der Waals surface area (Å²) in [6.45, 7) is 6.14. The lowest BCUT2D eigenvalue weighted by molar-refractivity contribution is 0.0763. The minimum absolute atomic E-state index is 0.0385. The Kier molecular flexibility index (Phi) is 4.34. The lowest BCUT2D eigenvalue weighted by Crippen LogP contribution is -2.33. The number of hydrogen-bond acceptors (Lipinski definition) is 3. The van der Waals surface area contributed by atoms with Crippen molar-refractivity contribution in [2.75, 3.05) is 13.1 Å². The molecule has 0 radical (unpaired) electrons. The highest BCUT2D eigenvalue weighted by Gasteiger charge is 2.24. The molecular weight excluding hydrogens is 296 g/mol. The van der Waals surface area contributed by atoms with Gasteiger partial charge in [-0.2, -0.15) is 0 Å². The van der Waals surface area contributed by atoms with Crippen molar-refractivity contribution in [3.63, 3.8) is 0 Å². The van der Waals surface area contributed by atoms with Crippen molar-refractivity contribution in [2.45, 2.75) is 46.1 Å². The smallest absolute Gasteiger partial charge is 0.260 e. The number of rotatable bonds is 2. The first-order valence-electron chi connectivity index (χ1n) is 8.05. The molecule has 1 fully saturated rings. The van der Waals surface area contributed by atoms with Crippen LogP contribution in [0.4, 0.5) is 0 Å². The van der Waals surface area contributed by atoms with Gasteiger partial charge in [0.05, 0.1) is 10.9 Å². The topological polar surface area (TPSA) is 42.3 Å². The molecule has 2 aromatic heterocycles. The fourth-order valence-corrected chi connectivity index (χ4v) is 4.24. The Morgan fingerprint density at radius 3 is 2.55 bits per heavy atom. The fraction of sp³-hybridized carbons (Fsp3) is 0.529. The summed E-state index contributed by atoms with van der Waals surface area (Å²) in [5, 5.41) is 0.612. The number of aryl methyl sites for hydroxylation is 2. The van der Waals surface area contributed by atoms with E-state index in [1.54, 1.807) is 15.9 Å². The van der Waals surface area contributed by atoms with Gasteiger partial charge in [-0.3, -0.25) is 9.59 Å². The van der Waals surface area contributed by atoms with Gasteiger partial charge in [0.2, 0.25) is 0 Å². The maximum Gasteiger partial charge on any atom is 0.260 e. The monoisotopic (exact) mass is 318 g/mol. The second kappa shape index (κ2) is 6.24. The summed E-state index contributed by atoms with van der Waals surface area (Å²) < 4.78 is 2.60. The third-order valence-corrected chi connectivity index (χ3v) is 5.51. The van der Waals surface area contributed by atoms with Gasteiger partial charge in [-0.25, -0.2) is 0 Å². The molecule has 0 bridgehead atoms. The molecule has 1 aliphatic heterocycles. The van der Waals surface area contributed by atoms with Gasteiger partial charge in [0.1, 0.15) is 0 Å². The van der Waals surface area contributed by atoms with Crippen molar-refractivity contribution in [2.24, 2.45) is 0 Å². The summed E-state index contributed by atoms with van der Waals surface area (Å²) in [6.07, 6.45) is 6.32. The zero-order valence-corrected chi connectivity index (χ0v) is 14.0. The molecule has 5 heteroatoms. The summed E-state index contributed by atoms with van der Waals surface area (Å²) in [7, 11) is 0. The van der Waals surface area contributed by atoms with E-state index < -0.39 is 0 Å². The maximum absolute atomic E-state index is 13.0. The molecule has 22 heavy (non-hydrogen) atoms. The molecule has 118 valence electrons. The van der Waals surface area contributed by atoms with Crippen LogP contribution in [0.5, 0.6) is 0 Å². The highest BCUT2D eigenvalue weighted by molar-refractivity contribution is 7.19. The molecule has 4 nitrogen and oxygen atoms in total. The Bertz CT molecular complexity index is 752. The normalized spacial score (nSPS) is 16.0. The second-order valence-electron chi connectivity index (χ2n) is 5.89. The minimum atomic E-state index is -0.0393. The van der Waals surface area contributed by atoms with Gasteiger partial charge in [-0.1, -0.05) is 12.8 Å². The Morgan fingerprint density at radius 1 is 1.23 bits per heavy atom. The first kappa shape index (κ1) is 15.3. The summed E-state index contributed by atoms with van der Waals surface area (Å²) in [4.78, 5) is 28.5. The molecule has 0 aromatic carbocycles. The summed E-state index contributed by atoms with van der Waals surface area (Å²) in [5.74, 6) is 0.0385. The molecule has 0 aliphatic carbocycles. The van der Waals surface area contributed by atoms with E-state index in [1.165, 1.54) is 12.8 Å². The van der Waals surface area contributed by atoms with Gasteiger partial charge >= 0.3 is 0 Å². The quantitative estimate of drug-likeness (QED) is 0.851. The van der Waals surface area contributed by atoms with E-state index in [2.05, 4.69) is 0 Å². The van der Waals surface area contributed by atoms with Gasteiger partial charge in [0, 0.05) is 35.4 Å². The standard InChI is InChI=1S/C17H22N2O2S/c1-3-18-11-8-13-15(17(18)21)14(12(2)22-13)16(20)19-9-6-4-5-7-10-19/h8,11H,3-7,9-10H2,1-2H3. The molecule has 0 unspecified atom stereocenters. The lowest BCUT2D eigenvalue weighted by atomic mass is 10.1. The van der Waals surface area contributed by atoms with Gasteiger partial charge in [-0.15, -0.1) is 11.3 Å². The van der Waals surface area contributed by atoms with Crippen molar-refractivity contribution in [1.82, 2.24) is 9.47 Å². The van der Waals surface area contributed by atoms with Crippen molar-refractivity contribution < 1.29 is 4.79 Å². The van der Waals surface area contributed by atoms with Crippen LogP contribution in [0.15, 0.2) is 17.1 Å². The molecule has 0 N–H and O–H groups in total. The summed E-state index contributed by atoms with van der Waals surface area (Å²) >= 11 is 1.55. The Balaban J connectivity index is 2.11. The zero-order chi connectivity index (χ0) is 15.7. The molecule has 2 aromatic rings. The van der Waals surface area contributed by atoms with Crippen LogP contribution in [0.1, 0.15) is 47.8 Å². The Morgan fingerprint density at radius 2 is 1.91 bits per heavy atom. The van der Waals surface area contributed by atoms with Gasteiger partial charge < -0.3 is 9.47 Å². The van der Waals surface area contributed by atoms with Crippen molar-refractivity contribution in [3.05, 3.63) is 33.1 Å². The number of carbonyl (C=O) groups excluding carboxylic acids is 1. The van der Waals surface area contributed by atoms with E-state index in [4.69, 9.17) is 0 Å². The van der Waals surface area contributed by atoms with E-state index in [9.17, 15) is 9.59 Å². The van der Waals surface area contributed by atoms with E-state index in [1.807, 2.05) is 31.0 Å². The third-order valence-electron chi connectivity index (χ3n) is 4.44. The minimum Gasteiger partial charge on any atom is -0.339 e. The largest absolute Gasteiger partial charge is 0.339 e. The van der Waals surface area contributed by atoms with Crippen molar-refractivity contribution >= 4 is 27.3 Å². The van der Waals surface area contributed by atoms with Crippen LogP contribution >= 0.6 is 11.3 Å². The highest BCUT2D eigenvalue weighted by atomic mass is 32.1. The Labute approximate surface area is 134 Å². The van der Waals surface area contributed by atoms with E-state index in [-0.39, 0.29) is 11.5 Å². The number of pyridine rings is 1. The molecule has 1 saturated heterocycles. The first-order valence-corrected chi connectivity index (χ1v) is 8.87. The molecule has 3 rings (SSSR count). The number of thiophene rings is 1. The number of carbonyl (C=O) groups is 1. The van der Waals surface area contributed by atoms with E-state index in [0.29, 0.717) is 17.5 Å². The predicted molar refractivity (Wildman–Crippen MR) is 90.9 cm³/mol. The SMILES string of the molecule is CCn1ccc2sc(C)c(C(=O)N3CCCCCC3)c2c1=O. The maximum atomic E-state index is 13.0. The average Bonchev–Trinajstić information content (AvgIpc) is 2.69. The Hall–Kier alpha value is -1.62. The van der Waals surface area contributed by atoms with Gasteiger partial charge in [0.15, 0.2) is 0 Å². The first-order chi connectivity index (χ1) is 10.6. The third kappa shape index (κ3) is 2.58. The van der Waals surface area contributed by atoms with Crippen LogP contribution in [-0.4, -0.2) is 28.5 Å². The van der Waals surface area contributed by atoms with Crippen LogP contribution < -0.4 is 5.56 Å². The van der Waals surface area contributed by atoms with Crippen LogP contribution in [0.3, 0.4) is 0 Å². The number of nitrogens with zero attached hydrogens (tertiary/aromatic N) is 2. The molecule has 3 heterocycles. The fourth-order valence-electron chi connectivity index (χ4n) is 3.20. The molecular formula is C17H22N2O2S. The van der Waals surface area contributed by atoms with Gasteiger partial charge in [-0.05, 0) is 32.8 Å². The van der Waals surface area contributed by atoms with Crippen LogP contribution in [-0.2, 0) is 6.54 Å². The molecule has 0 spiro atoms. The number of aromatic nitrogens is 1. The summed E-state index contributed by atoms with van der Waals surface area (Å²) in [6, 6.07) is 1.96. The van der Waals surface area contributed by atoms with Gasteiger partial charge in [0.25, 0.3) is 11.5 Å². The van der Waals surface area contributed by atoms with Crippen LogP contribution in [0, 0.1) is 6.92 Å². The lowest BCUT2D eigenvalue weighted by Gasteiger charge is -2.20. The van der Waals surface area contributed by atoms with E-state index >= 15 is 0 Å². The van der Waals surface area contributed by atoms with Crippen LogP contribution in [0.2, 0.25) is 0 Å². The number of fused-ring (bicyclic) bond motifs is 1. The van der Waals surface area contributed by atoms with E-state index in [0.717, 1.165) is 35.5 Å². The highest BCUT2D eigenvalue weighted by Crippen LogP contribution is 2.30. The molecule has 1 amide bonds. The van der Waals surface area contributed by atoms with Crippen LogP contribution in [0.25, 0.3) is 10.1 Å². The van der Waals surface area contributed by atoms with Crippen molar-refractivity contribution in [1.29, 1.82) is 0 Å². The summed E-state index contributed by atoms with van der Waals surface area (Å²) in [5.41, 5.74) is 0.595. The number of amides is 1. The number of hydrogen-bond donors (Lipinski definition) is 0. The predicted octanol–water partition coefficient (Wildman–Crippen LogP) is 3.41. The number of likely N-dealkylation sites (tertiary alicyclic amines) is 1. The molecule has 0 saturated carbocycles. The molecule has 1 aliphatic rings.